The van der Waals surface area contributed by atoms with Gasteiger partial charge >= 0.3 is 5.97 Å². The number of para-hydroxylation sites is 1. The van der Waals surface area contributed by atoms with Gasteiger partial charge in [0.15, 0.2) is 11.6 Å². The first-order chi connectivity index (χ1) is 8.79. The number of benzene rings is 1. The van der Waals surface area contributed by atoms with E-state index >= 15 is 0 Å². The van der Waals surface area contributed by atoms with Crippen LogP contribution in [0.15, 0.2) is 41.0 Å². The van der Waals surface area contributed by atoms with Gasteiger partial charge in [-0.25, -0.2) is 9.78 Å². The van der Waals surface area contributed by atoms with Gasteiger partial charge in [-0.15, -0.1) is 0 Å². The Kier molecular flexibility index (Phi) is 2.37. The highest BCUT2D eigenvalue weighted by atomic mass is 16.5. The fourth-order valence-corrected chi connectivity index (χ4v) is 1.84. The molecule has 0 atom stereocenters. The van der Waals surface area contributed by atoms with Crippen LogP contribution in [-0.4, -0.2) is 23.0 Å². The molecule has 0 radical (unpaired) electrons. The second-order valence-electron chi connectivity index (χ2n) is 3.76. The number of aromatic nitrogens is 2. The molecule has 0 saturated heterocycles. The summed E-state index contributed by atoms with van der Waals surface area (Å²) < 4.78 is 9.99. The standard InChI is InChI=1S/C13H10N2O3/c1-17-13(16)8-4-2-5-9-11(8)15-12(14-9)10-6-3-7-18-10/h2-7H,1H3,(H,14,15). The number of carbonyl (C=O) groups is 1. The van der Waals surface area contributed by atoms with E-state index in [2.05, 4.69) is 9.97 Å². The fourth-order valence-electron chi connectivity index (χ4n) is 1.84. The zero-order chi connectivity index (χ0) is 12.5. The summed E-state index contributed by atoms with van der Waals surface area (Å²) in [5.41, 5.74) is 1.78. The van der Waals surface area contributed by atoms with Crippen LogP contribution in [0.25, 0.3) is 22.6 Å². The van der Waals surface area contributed by atoms with Crippen molar-refractivity contribution in [3.63, 3.8) is 0 Å². The Labute approximate surface area is 102 Å². The Hall–Kier alpha value is -2.56. The van der Waals surface area contributed by atoms with E-state index in [1.54, 1.807) is 30.5 Å². The number of aromatic amines is 1. The molecule has 1 N–H and O–H groups in total. The van der Waals surface area contributed by atoms with E-state index in [1.807, 2.05) is 6.07 Å². The van der Waals surface area contributed by atoms with E-state index in [9.17, 15) is 4.79 Å². The van der Waals surface area contributed by atoms with Crippen LogP contribution in [0.4, 0.5) is 0 Å². The third kappa shape index (κ3) is 1.57. The zero-order valence-corrected chi connectivity index (χ0v) is 9.64. The molecule has 3 aromatic rings. The van der Waals surface area contributed by atoms with E-state index in [1.165, 1.54) is 7.11 Å². The third-order valence-electron chi connectivity index (χ3n) is 2.67. The van der Waals surface area contributed by atoms with Crippen LogP contribution in [0.5, 0.6) is 0 Å². The summed E-state index contributed by atoms with van der Waals surface area (Å²) in [7, 11) is 1.35. The molecular formula is C13H10N2O3. The number of H-pyrrole nitrogens is 1. The Morgan fingerprint density at radius 1 is 1.33 bits per heavy atom. The molecule has 2 heterocycles. The number of esters is 1. The summed E-state index contributed by atoms with van der Waals surface area (Å²) in [6, 6.07) is 8.89. The van der Waals surface area contributed by atoms with Crippen LogP contribution in [0.3, 0.4) is 0 Å². The minimum absolute atomic E-state index is 0.405. The molecule has 0 saturated carbocycles. The first kappa shape index (κ1) is 10.6. The highest BCUT2D eigenvalue weighted by Gasteiger charge is 2.15. The molecule has 0 unspecified atom stereocenters. The van der Waals surface area contributed by atoms with Crippen LogP contribution < -0.4 is 0 Å². The maximum atomic E-state index is 11.6. The van der Waals surface area contributed by atoms with Crippen LogP contribution in [0.2, 0.25) is 0 Å². The number of methoxy groups -OCH3 is 1. The predicted molar refractivity (Wildman–Crippen MR) is 65.1 cm³/mol. The highest BCUT2D eigenvalue weighted by molar-refractivity contribution is 6.02. The van der Waals surface area contributed by atoms with Crippen molar-refractivity contribution in [1.82, 2.24) is 9.97 Å². The van der Waals surface area contributed by atoms with Gasteiger partial charge in [0, 0.05) is 0 Å². The van der Waals surface area contributed by atoms with Crippen molar-refractivity contribution in [2.45, 2.75) is 0 Å². The van der Waals surface area contributed by atoms with Gasteiger partial charge in [0.25, 0.3) is 0 Å². The molecule has 2 aromatic heterocycles. The number of furan rings is 1. The van der Waals surface area contributed by atoms with Crippen molar-refractivity contribution in [3.05, 3.63) is 42.2 Å². The molecule has 0 aliphatic rings. The van der Waals surface area contributed by atoms with Gasteiger partial charge in [-0.05, 0) is 24.3 Å². The van der Waals surface area contributed by atoms with Crippen molar-refractivity contribution in [2.75, 3.05) is 7.11 Å². The lowest BCUT2D eigenvalue weighted by Crippen LogP contribution is -2.01. The van der Waals surface area contributed by atoms with Crippen LogP contribution >= 0.6 is 0 Å². The quantitative estimate of drug-likeness (QED) is 0.701. The maximum absolute atomic E-state index is 11.6. The summed E-state index contributed by atoms with van der Waals surface area (Å²) in [4.78, 5) is 19.1. The third-order valence-corrected chi connectivity index (χ3v) is 2.67. The van der Waals surface area contributed by atoms with Gasteiger partial charge in [-0.1, -0.05) is 6.07 Å². The number of imidazole rings is 1. The Morgan fingerprint density at radius 2 is 2.22 bits per heavy atom. The number of ether oxygens (including phenoxy) is 1. The molecule has 5 heteroatoms. The smallest absolute Gasteiger partial charge is 0.340 e. The van der Waals surface area contributed by atoms with Crippen molar-refractivity contribution in [3.8, 4) is 11.6 Å². The van der Waals surface area contributed by atoms with Gasteiger partial charge in [-0.3, -0.25) is 0 Å². The molecule has 0 aliphatic carbocycles. The number of carbonyl (C=O) groups excluding carboxylic acids is 1. The van der Waals surface area contributed by atoms with E-state index in [-0.39, 0.29) is 0 Å². The summed E-state index contributed by atoms with van der Waals surface area (Å²) in [5.74, 6) is 0.812. The van der Waals surface area contributed by atoms with Crippen molar-refractivity contribution in [1.29, 1.82) is 0 Å². The SMILES string of the molecule is COC(=O)c1cccc2[nH]c(-c3ccco3)nc12. The molecule has 0 amide bonds. The lowest BCUT2D eigenvalue weighted by atomic mass is 10.2. The minimum Gasteiger partial charge on any atom is -0.465 e. The zero-order valence-electron chi connectivity index (χ0n) is 9.64. The van der Waals surface area contributed by atoms with Gasteiger partial charge in [0.05, 0.1) is 24.5 Å². The van der Waals surface area contributed by atoms with Crippen LogP contribution in [0, 0.1) is 0 Å². The Balaban J connectivity index is 2.20. The van der Waals surface area contributed by atoms with E-state index in [4.69, 9.17) is 9.15 Å². The fraction of sp³-hybridized carbons (Fsp3) is 0.0769. The number of nitrogens with zero attached hydrogens (tertiary/aromatic N) is 1. The lowest BCUT2D eigenvalue weighted by molar-refractivity contribution is 0.0603. The first-order valence-corrected chi connectivity index (χ1v) is 5.40. The molecule has 1 aromatic carbocycles. The summed E-state index contributed by atoms with van der Waals surface area (Å²) >= 11 is 0. The number of rotatable bonds is 2. The molecule has 90 valence electrons. The molecule has 5 nitrogen and oxygen atoms in total. The lowest BCUT2D eigenvalue weighted by Gasteiger charge is -1.98. The molecule has 18 heavy (non-hydrogen) atoms. The predicted octanol–water partition coefficient (Wildman–Crippen LogP) is 2.61. The summed E-state index contributed by atoms with van der Waals surface area (Å²) in [6.07, 6.45) is 1.57. The van der Waals surface area contributed by atoms with Crippen molar-refractivity contribution in [2.24, 2.45) is 0 Å². The number of hydrogen-bond donors (Lipinski definition) is 1. The van der Waals surface area contributed by atoms with Crippen LogP contribution in [0.1, 0.15) is 10.4 Å². The topological polar surface area (TPSA) is 68.1 Å². The molecule has 3 rings (SSSR count). The first-order valence-electron chi connectivity index (χ1n) is 5.40. The normalized spacial score (nSPS) is 10.7. The molecular weight excluding hydrogens is 232 g/mol. The monoisotopic (exact) mass is 242 g/mol. The van der Waals surface area contributed by atoms with Crippen molar-refractivity contribution < 1.29 is 13.9 Å². The molecule has 0 spiro atoms. The average molecular weight is 242 g/mol. The largest absolute Gasteiger partial charge is 0.465 e. The minimum atomic E-state index is -0.405. The average Bonchev–Trinajstić information content (AvgIpc) is 3.04. The van der Waals surface area contributed by atoms with Crippen molar-refractivity contribution >= 4 is 17.0 Å². The second-order valence-corrected chi connectivity index (χ2v) is 3.76. The number of nitrogens with one attached hydrogen (secondary N) is 1. The Morgan fingerprint density at radius 3 is 2.94 bits per heavy atom. The summed E-state index contributed by atoms with van der Waals surface area (Å²) in [6.45, 7) is 0. The van der Waals surface area contributed by atoms with E-state index in [0.29, 0.717) is 22.7 Å². The van der Waals surface area contributed by atoms with Gasteiger partial charge in [-0.2, -0.15) is 0 Å². The van der Waals surface area contributed by atoms with Crippen LogP contribution in [-0.2, 0) is 4.74 Å². The highest BCUT2D eigenvalue weighted by Crippen LogP contribution is 2.23. The van der Waals surface area contributed by atoms with E-state index in [0.717, 1.165) is 5.52 Å². The maximum Gasteiger partial charge on any atom is 0.340 e. The molecule has 0 bridgehead atoms. The Bertz CT molecular complexity index is 698. The molecule has 0 fully saturated rings. The van der Waals surface area contributed by atoms with Gasteiger partial charge < -0.3 is 14.1 Å². The molecule has 0 aliphatic heterocycles. The number of fused-ring (bicyclic) bond motifs is 1. The van der Waals surface area contributed by atoms with Gasteiger partial charge in [0.1, 0.15) is 5.52 Å². The number of hydrogen-bond acceptors (Lipinski definition) is 4. The van der Waals surface area contributed by atoms with Gasteiger partial charge in [0.2, 0.25) is 0 Å². The summed E-state index contributed by atoms with van der Waals surface area (Å²) in [5, 5.41) is 0. The second kappa shape index (κ2) is 4.03. The van der Waals surface area contributed by atoms with E-state index < -0.39 is 5.97 Å².